The summed E-state index contributed by atoms with van der Waals surface area (Å²) in [6, 6.07) is 9.92. The van der Waals surface area contributed by atoms with Gasteiger partial charge in [-0.3, -0.25) is 0 Å². The number of terminal acetylenes is 1. The molecule has 0 heterocycles. The normalized spacial score (nSPS) is 9.82. The van der Waals surface area contributed by atoms with Crippen LogP contribution in [0.3, 0.4) is 0 Å². The molecule has 2 heteroatoms. The third-order valence-corrected chi connectivity index (χ3v) is 2.43. The average Bonchev–Trinajstić information content (AvgIpc) is 2.38. The Morgan fingerprint density at radius 3 is 2.59 bits per heavy atom. The first-order chi connectivity index (χ1) is 8.43. The van der Waals surface area contributed by atoms with Crippen LogP contribution >= 0.6 is 0 Å². The lowest BCUT2D eigenvalue weighted by molar-refractivity contribution is 0.308. The fourth-order valence-electron chi connectivity index (χ4n) is 1.51. The molecule has 17 heavy (non-hydrogen) atoms. The summed E-state index contributed by atoms with van der Waals surface area (Å²) in [5, 5.41) is 3.38. The molecule has 0 fully saturated rings. The molecule has 0 saturated heterocycles. The predicted molar refractivity (Wildman–Crippen MR) is 72.1 cm³/mol. The van der Waals surface area contributed by atoms with Crippen LogP contribution in [0.15, 0.2) is 30.3 Å². The second-order valence-electron chi connectivity index (χ2n) is 3.93. The summed E-state index contributed by atoms with van der Waals surface area (Å²) < 4.78 is 5.58. The summed E-state index contributed by atoms with van der Waals surface area (Å²) in [6.07, 6.45) is 9.37. The molecule has 1 aromatic carbocycles. The Balaban J connectivity index is 1.87. The summed E-state index contributed by atoms with van der Waals surface area (Å²) in [7, 11) is 0. The largest absolute Gasteiger partial charge is 0.494 e. The van der Waals surface area contributed by atoms with Crippen LogP contribution in [-0.2, 0) is 0 Å². The summed E-state index contributed by atoms with van der Waals surface area (Å²) in [5.74, 6) is 3.60. The standard InChI is InChI=1S/C15H21NO/c1-2-3-4-8-12-16-13-9-14-17-15-10-6-5-7-11-15/h1,5-7,10-11,16H,3-4,8-9,12-14H2. The first kappa shape index (κ1) is 13.6. The smallest absolute Gasteiger partial charge is 0.119 e. The molecule has 0 aliphatic heterocycles. The van der Waals surface area contributed by atoms with Crippen LogP contribution in [0.4, 0.5) is 0 Å². The monoisotopic (exact) mass is 231 g/mol. The van der Waals surface area contributed by atoms with Gasteiger partial charge in [-0.05, 0) is 44.5 Å². The van der Waals surface area contributed by atoms with E-state index in [9.17, 15) is 0 Å². The minimum absolute atomic E-state index is 0.765. The van der Waals surface area contributed by atoms with Gasteiger partial charge >= 0.3 is 0 Å². The lowest BCUT2D eigenvalue weighted by atomic mass is 10.2. The minimum Gasteiger partial charge on any atom is -0.494 e. The molecule has 2 nitrogen and oxygen atoms in total. The van der Waals surface area contributed by atoms with E-state index in [1.54, 1.807) is 0 Å². The van der Waals surface area contributed by atoms with Crippen LogP contribution in [0.2, 0.25) is 0 Å². The number of ether oxygens (including phenoxy) is 1. The Morgan fingerprint density at radius 1 is 1.06 bits per heavy atom. The zero-order valence-electron chi connectivity index (χ0n) is 10.3. The Bertz CT molecular complexity index is 315. The van der Waals surface area contributed by atoms with E-state index in [-0.39, 0.29) is 0 Å². The molecule has 0 aliphatic rings. The van der Waals surface area contributed by atoms with E-state index < -0.39 is 0 Å². The van der Waals surface area contributed by atoms with Gasteiger partial charge in [0.2, 0.25) is 0 Å². The van der Waals surface area contributed by atoms with Crippen molar-refractivity contribution < 1.29 is 4.74 Å². The number of benzene rings is 1. The highest BCUT2D eigenvalue weighted by molar-refractivity contribution is 5.20. The fraction of sp³-hybridized carbons (Fsp3) is 0.467. The zero-order valence-corrected chi connectivity index (χ0v) is 10.3. The summed E-state index contributed by atoms with van der Waals surface area (Å²) in [5.41, 5.74) is 0. The van der Waals surface area contributed by atoms with Crippen molar-refractivity contribution in [2.24, 2.45) is 0 Å². The van der Waals surface area contributed by atoms with Gasteiger partial charge in [-0.15, -0.1) is 12.3 Å². The number of nitrogens with one attached hydrogen (secondary N) is 1. The third-order valence-electron chi connectivity index (χ3n) is 2.43. The molecule has 0 unspecified atom stereocenters. The fourth-order valence-corrected chi connectivity index (χ4v) is 1.51. The van der Waals surface area contributed by atoms with Gasteiger partial charge in [0.1, 0.15) is 5.75 Å². The molecule has 0 spiro atoms. The van der Waals surface area contributed by atoms with Crippen molar-refractivity contribution in [1.29, 1.82) is 0 Å². The predicted octanol–water partition coefficient (Wildman–Crippen LogP) is 2.85. The van der Waals surface area contributed by atoms with Gasteiger partial charge in [-0.25, -0.2) is 0 Å². The van der Waals surface area contributed by atoms with Gasteiger partial charge in [-0.1, -0.05) is 18.2 Å². The molecule has 0 radical (unpaired) electrons. The topological polar surface area (TPSA) is 21.3 Å². The van der Waals surface area contributed by atoms with E-state index in [4.69, 9.17) is 11.2 Å². The van der Waals surface area contributed by atoms with Gasteiger partial charge < -0.3 is 10.1 Å². The van der Waals surface area contributed by atoms with E-state index in [1.807, 2.05) is 30.3 Å². The second-order valence-corrected chi connectivity index (χ2v) is 3.93. The van der Waals surface area contributed by atoms with Crippen molar-refractivity contribution in [2.45, 2.75) is 25.7 Å². The van der Waals surface area contributed by atoms with Crippen LogP contribution in [0.25, 0.3) is 0 Å². The highest BCUT2D eigenvalue weighted by Crippen LogP contribution is 2.07. The molecular formula is C15H21NO. The molecule has 0 saturated carbocycles. The summed E-state index contributed by atoms with van der Waals surface area (Å²) >= 11 is 0. The maximum atomic E-state index is 5.58. The molecule has 0 aromatic heterocycles. The Hall–Kier alpha value is -1.46. The molecule has 92 valence electrons. The van der Waals surface area contributed by atoms with E-state index >= 15 is 0 Å². The SMILES string of the molecule is C#CCCCCNCCCOc1ccccc1. The molecule has 1 rings (SSSR count). The van der Waals surface area contributed by atoms with Crippen LogP contribution in [0.5, 0.6) is 5.75 Å². The number of para-hydroxylation sites is 1. The Morgan fingerprint density at radius 2 is 1.82 bits per heavy atom. The third kappa shape index (κ3) is 7.43. The maximum absolute atomic E-state index is 5.58. The summed E-state index contributed by atoms with van der Waals surface area (Å²) in [4.78, 5) is 0. The van der Waals surface area contributed by atoms with Crippen LogP contribution in [0, 0.1) is 12.3 Å². The zero-order chi connectivity index (χ0) is 12.2. The lowest BCUT2D eigenvalue weighted by Crippen LogP contribution is -2.18. The molecule has 0 amide bonds. The number of hydrogen-bond donors (Lipinski definition) is 1. The molecular weight excluding hydrogens is 210 g/mol. The minimum atomic E-state index is 0.765. The van der Waals surface area contributed by atoms with Crippen molar-refractivity contribution >= 4 is 0 Å². The van der Waals surface area contributed by atoms with Crippen LogP contribution in [-0.4, -0.2) is 19.7 Å². The van der Waals surface area contributed by atoms with Crippen molar-refractivity contribution in [3.63, 3.8) is 0 Å². The highest BCUT2D eigenvalue weighted by Gasteiger charge is 1.92. The average molecular weight is 231 g/mol. The lowest BCUT2D eigenvalue weighted by Gasteiger charge is -2.06. The van der Waals surface area contributed by atoms with E-state index in [0.717, 1.165) is 51.1 Å². The second kappa shape index (κ2) is 9.74. The van der Waals surface area contributed by atoms with Gasteiger partial charge in [0.15, 0.2) is 0 Å². The first-order valence-corrected chi connectivity index (χ1v) is 6.25. The number of rotatable bonds is 9. The van der Waals surface area contributed by atoms with Gasteiger partial charge in [0.05, 0.1) is 6.61 Å². The van der Waals surface area contributed by atoms with Gasteiger partial charge in [0, 0.05) is 6.42 Å². The Labute approximate surface area is 104 Å². The van der Waals surface area contributed by atoms with Gasteiger partial charge in [-0.2, -0.15) is 0 Å². The van der Waals surface area contributed by atoms with Crippen molar-refractivity contribution in [1.82, 2.24) is 5.32 Å². The van der Waals surface area contributed by atoms with E-state index in [0.29, 0.717) is 0 Å². The quantitative estimate of drug-likeness (QED) is 0.521. The van der Waals surface area contributed by atoms with E-state index in [2.05, 4.69) is 11.2 Å². The van der Waals surface area contributed by atoms with Crippen molar-refractivity contribution in [3.05, 3.63) is 30.3 Å². The van der Waals surface area contributed by atoms with Crippen LogP contribution < -0.4 is 10.1 Å². The molecule has 1 aromatic rings. The molecule has 0 bridgehead atoms. The van der Waals surface area contributed by atoms with E-state index in [1.165, 1.54) is 0 Å². The summed E-state index contributed by atoms with van der Waals surface area (Å²) in [6.45, 7) is 2.82. The number of hydrogen-bond acceptors (Lipinski definition) is 2. The Kier molecular flexibility index (Phi) is 7.80. The first-order valence-electron chi connectivity index (χ1n) is 6.25. The maximum Gasteiger partial charge on any atom is 0.119 e. The highest BCUT2D eigenvalue weighted by atomic mass is 16.5. The van der Waals surface area contributed by atoms with Crippen LogP contribution in [0.1, 0.15) is 25.7 Å². The van der Waals surface area contributed by atoms with Crippen molar-refractivity contribution in [3.8, 4) is 18.1 Å². The number of unbranched alkanes of at least 4 members (excludes halogenated alkanes) is 2. The van der Waals surface area contributed by atoms with Crippen molar-refractivity contribution in [2.75, 3.05) is 19.7 Å². The van der Waals surface area contributed by atoms with Gasteiger partial charge in [0.25, 0.3) is 0 Å². The molecule has 0 atom stereocenters. The molecule has 0 aliphatic carbocycles. The molecule has 1 N–H and O–H groups in total.